The fourth-order valence-corrected chi connectivity index (χ4v) is 5.32. The van der Waals surface area contributed by atoms with Gasteiger partial charge in [0.1, 0.15) is 6.10 Å². The van der Waals surface area contributed by atoms with Crippen molar-refractivity contribution < 1.29 is 9.53 Å². The van der Waals surface area contributed by atoms with Crippen LogP contribution in [-0.2, 0) is 9.53 Å². The van der Waals surface area contributed by atoms with Crippen LogP contribution in [0.1, 0.15) is 29.4 Å². The first-order valence-corrected chi connectivity index (χ1v) is 9.18. The lowest BCUT2D eigenvalue weighted by Crippen LogP contribution is -2.26. The van der Waals surface area contributed by atoms with Crippen molar-refractivity contribution in [3.05, 3.63) is 29.8 Å². The predicted octanol–water partition coefficient (Wildman–Crippen LogP) is 3.67. The molecule has 0 aliphatic carbocycles. The van der Waals surface area contributed by atoms with Crippen LogP contribution >= 0.6 is 23.5 Å². The number of anilines is 1. The smallest absolute Gasteiger partial charge is 0.253 e. The van der Waals surface area contributed by atoms with Crippen LogP contribution in [0.25, 0.3) is 0 Å². The fraction of sp³-hybridized carbons (Fsp3) is 0.533. The summed E-state index contributed by atoms with van der Waals surface area (Å²) >= 11 is 3.99. The molecular weight excluding hydrogens is 290 g/mol. The SMILES string of the molecule is O=C(Nc1cccc(C2SCCCS2)c1)C1CCCO1. The number of carbonyl (C=O) groups excluding carboxylic acids is 1. The summed E-state index contributed by atoms with van der Waals surface area (Å²) in [6.07, 6.45) is 2.84. The molecule has 1 aromatic carbocycles. The van der Waals surface area contributed by atoms with Crippen molar-refractivity contribution in [1.82, 2.24) is 0 Å². The maximum Gasteiger partial charge on any atom is 0.253 e. The number of benzene rings is 1. The van der Waals surface area contributed by atoms with E-state index in [4.69, 9.17) is 4.74 Å². The average Bonchev–Trinajstić information content (AvgIpc) is 3.03. The molecule has 0 bridgehead atoms. The van der Waals surface area contributed by atoms with Crippen LogP contribution in [0.4, 0.5) is 5.69 Å². The zero-order valence-corrected chi connectivity index (χ0v) is 13.0. The van der Waals surface area contributed by atoms with Crippen molar-refractivity contribution in [2.45, 2.75) is 29.9 Å². The third-order valence-electron chi connectivity index (χ3n) is 3.48. The molecule has 1 aromatic rings. The Morgan fingerprint density at radius 2 is 2.10 bits per heavy atom. The van der Waals surface area contributed by atoms with Crippen molar-refractivity contribution in [2.75, 3.05) is 23.4 Å². The molecule has 1 atom stereocenters. The summed E-state index contributed by atoms with van der Waals surface area (Å²) in [7, 11) is 0. The van der Waals surface area contributed by atoms with E-state index in [1.54, 1.807) is 0 Å². The summed E-state index contributed by atoms with van der Waals surface area (Å²) in [6.45, 7) is 0.702. The number of hydrogen-bond acceptors (Lipinski definition) is 4. The Balaban J connectivity index is 1.65. The first-order chi connectivity index (χ1) is 9.83. The van der Waals surface area contributed by atoms with E-state index in [9.17, 15) is 4.79 Å². The number of rotatable bonds is 3. The summed E-state index contributed by atoms with van der Waals surface area (Å²) < 4.78 is 5.92. The van der Waals surface area contributed by atoms with Crippen LogP contribution in [0, 0.1) is 0 Å². The van der Waals surface area contributed by atoms with Gasteiger partial charge in [-0.25, -0.2) is 0 Å². The largest absolute Gasteiger partial charge is 0.368 e. The Kier molecular flexibility index (Phi) is 4.91. The molecule has 2 saturated heterocycles. The topological polar surface area (TPSA) is 38.3 Å². The Morgan fingerprint density at radius 1 is 1.25 bits per heavy atom. The summed E-state index contributed by atoms with van der Waals surface area (Å²) in [5.41, 5.74) is 2.18. The molecule has 5 heteroatoms. The van der Waals surface area contributed by atoms with Crippen LogP contribution in [0.5, 0.6) is 0 Å². The number of ether oxygens (including phenoxy) is 1. The minimum atomic E-state index is -0.267. The first kappa shape index (κ1) is 14.3. The Labute approximate surface area is 128 Å². The standard InChI is InChI=1S/C15H19NO2S2/c17-14(13-6-2-7-18-13)16-12-5-1-4-11(10-12)15-19-8-3-9-20-15/h1,4-5,10,13,15H,2-3,6-9H2,(H,16,17). The van der Waals surface area contributed by atoms with Gasteiger partial charge in [-0.1, -0.05) is 12.1 Å². The number of nitrogens with one attached hydrogen (secondary N) is 1. The molecule has 2 heterocycles. The van der Waals surface area contributed by atoms with Gasteiger partial charge in [-0.15, -0.1) is 23.5 Å². The summed E-state index contributed by atoms with van der Waals surface area (Å²) in [5.74, 6) is 2.44. The zero-order chi connectivity index (χ0) is 13.8. The van der Waals surface area contributed by atoms with Crippen molar-refractivity contribution in [1.29, 1.82) is 0 Å². The minimum Gasteiger partial charge on any atom is -0.368 e. The van der Waals surface area contributed by atoms with E-state index in [1.165, 1.54) is 23.5 Å². The summed E-state index contributed by atoms with van der Waals surface area (Å²) in [5, 5.41) is 2.98. The molecule has 0 saturated carbocycles. The lowest BCUT2D eigenvalue weighted by Gasteiger charge is -2.21. The molecule has 3 rings (SSSR count). The highest BCUT2D eigenvalue weighted by Gasteiger charge is 2.24. The highest BCUT2D eigenvalue weighted by atomic mass is 32.2. The molecular formula is C15H19NO2S2. The normalized spacial score (nSPS) is 23.7. The molecule has 2 aliphatic rings. The van der Waals surface area contributed by atoms with Crippen LogP contribution in [-0.4, -0.2) is 30.1 Å². The number of hydrogen-bond donors (Lipinski definition) is 1. The average molecular weight is 309 g/mol. The predicted molar refractivity (Wildman–Crippen MR) is 86.3 cm³/mol. The van der Waals surface area contributed by atoms with E-state index >= 15 is 0 Å². The van der Waals surface area contributed by atoms with Gasteiger partial charge in [0, 0.05) is 12.3 Å². The van der Waals surface area contributed by atoms with E-state index in [0.29, 0.717) is 11.2 Å². The van der Waals surface area contributed by atoms with Gasteiger partial charge in [0.05, 0.1) is 4.58 Å². The summed E-state index contributed by atoms with van der Waals surface area (Å²) in [6, 6.07) is 8.23. The molecule has 3 nitrogen and oxygen atoms in total. The highest BCUT2D eigenvalue weighted by molar-refractivity contribution is 8.16. The molecule has 0 spiro atoms. The van der Waals surface area contributed by atoms with Gasteiger partial charge in [-0.2, -0.15) is 0 Å². The van der Waals surface area contributed by atoms with Crippen LogP contribution < -0.4 is 5.32 Å². The molecule has 108 valence electrons. The van der Waals surface area contributed by atoms with E-state index in [0.717, 1.165) is 18.5 Å². The Morgan fingerprint density at radius 3 is 2.85 bits per heavy atom. The molecule has 1 N–H and O–H groups in total. The number of thioether (sulfide) groups is 2. The third kappa shape index (κ3) is 3.51. The number of carbonyl (C=O) groups is 1. The second-order valence-electron chi connectivity index (χ2n) is 5.04. The van der Waals surface area contributed by atoms with Crippen molar-refractivity contribution >= 4 is 35.1 Å². The van der Waals surface area contributed by atoms with E-state index in [-0.39, 0.29) is 12.0 Å². The minimum absolute atomic E-state index is 0.0106. The van der Waals surface area contributed by atoms with Gasteiger partial charge in [0.25, 0.3) is 5.91 Å². The fourth-order valence-electron chi connectivity index (χ4n) is 2.45. The van der Waals surface area contributed by atoms with E-state index in [2.05, 4.69) is 17.4 Å². The highest BCUT2D eigenvalue weighted by Crippen LogP contribution is 2.44. The first-order valence-electron chi connectivity index (χ1n) is 7.08. The van der Waals surface area contributed by atoms with E-state index in [1.807, 2.05) is 35.7 Å². The second-order valence-corrected chi connectivity index (χ2v) is 7.77. The lowest BCUT2D eigenvalue weighted by molar-refractivity contribution is -0.124. The second kappa shape index (κ2) is 6.87. The number of amides is 1. The van der Waals surface area contributed by atoms with Crippen LogP contribution in [0.2, 0.25) is 0 Å². The lowest BCUT2D eigenvalue weighted by atomic mass is 10.2. The van der Waals surface area contributed by atoms with Crippen LogP contribution in [0.3, 0.4) is 0 Å². The maximum atomic E-state index is 12.1. The molecule has 2 fully saturated rings. The van der Waals surface area contributed by atoms with Gasteiger partial charge in [-0.3, -0.25) is 4.79 Å². The van der Waals surface area contributed by atoms with Gasteiger partial charge in [0.2, 0.25) is 0 Å². The van der Waals surface area contributed by atoms with Gasteiger partial charge in [0.15, 0.2) is 0 Å². The molecule has 0 aromatic heterocycles. The molecule has 2 aliphatic heterocycles. The molecule has 1 unspecified atom stereocenters. The Bertz CT molecular complexity index is 469. The quantitative estimate of drug-likeness (QED) is 0.924. The summed E-state index contributed by atoms with van der Waals surface area (Å²) in [4.78, 5) is 12.1. The molecule has 20 heavy (non-hydrogen) atoms. The molecule has 1 amide bonds. The molecule has 0 radical (unpaired) electrons. The van der Waals surface area contributed by atoms with Gasteiger partial charge < -0.3 is 10.1 Å². The zero-order valence-electron chi connectivity index (χ0n) is 11.3. The van der Waals surface area contributed by atoms with Gasteiger partial charge >= 0.3 is 0 Å². The van der Waals surface area contributed by atoms with Crippen molar-refractivity contribution in [3.63, 3.8) is 0 Å². The maximum absolute atomic E-state index is 12.1. The monoisotopic (exact) mass is 309 g/mol. The van der Waals surface area contributed by atoms with Crippen LogP contribution in [0.15, 0.2) is 24.3 Å². The van der Waals surface area contributed by atoms with Crippen molar-refractivity contribution in [2.24, 2.45) is 0 Å². The van der Waals surface area contributed by atoms with E-state index < -0.39 is 0 Å². The Hall–Kier alpha value is -0.650. The van der Waals surface area contributed by atoms with Gasteiger partial charge in [-0.05, 0) is 48.5 Å². The third-order valence-corrected chi connectivity index (χ3v) is 6.49. The van der Waals surface area contributed by atoms with Crippen molar-refractivity contribution in [3.8, 4) is 0 Å².